The van der Waals surface area contributed by atoms with Gasteiger partial charge in [-0.3, -0.25) is 4.40 Å². The van der Waals surface area contributed by atoms with Crippen LogP contribution in [0.5, 0.6) is 0 Å². The number of hydrogen-bond acceptors (Lipinski definition) is 2. The van der Waals surface area contributed by atoms with Crippen molar-refractivity contribution < 1.29 is 0 Å². The normalized spacial score (nSPS) is 14.3. The second-order valence-electron chi connectivity index (χ2n) is 5.61. The summed E-state index contributed by atoms with van der Waals surface area (Å²) < 4.78 is 1.88. The number of nitrogens with two attached hydrogens (primary N) is 1. The Labute approximate surface area is 128 Å². The third-order valence-electron chi connectivity index (χ3n) is 4.25. The number of benzene rings is 1. The molecule has 3 nitrogen and oxygen atoms in total. The fourth-order valence-corrected chi connectivity index (χ4v) is 3.29. The molecule has 0 amide bonds. The van der Waals surface area contributed by atoms with Crippen molar-refractivity contribution in [3.05, 3.63) is 52.7 Å². The minimum absolute atomic E-state index is 0.664. The van der Waals surface area contributed by atoms with Crippen LogP contribution in [0.3, 0.4) is 0 Å². The van der Waals surface area contributed by atoms with Crippen LogP contribution in [0.15, 0.2) is 36.5 Å². The standard InChI is InChI=1S/C17H16ClN3/c18-14-7-8-21-15(10-14)20-16(17(21)19)13-6-5-11-3-1-2-4-12(11)9-13/h5-10H,1-4,19H2. The summed E-state index contributed by atoms with van der Waals surface area (Å²) in [7, 11) is 0. The van der Waals surface area contributed by atoms with Gasteiger partial charge < -0.3 is 5.73 Å². The Balaban J connectivity index is 1.88. The molecule has 0 atom stereocenters. The smallest absolute Gasteiger partial charge is 0.140 e. The van der Waals surface area contributed by atoms with Crippen LogP contribution in [0.1, 0.15) is 24.0 Å². The van der Waals surface area contributed by atoms with Crippen LogP contribution < -0.4 is 5.73 Å². The molecule has 21 heavy (non-hydrogen) atoms. The SMILES string of the molecule is Nc1c(-c2ccc3c(c2)CCCC3)nc2cc(Cl)ccn12. The Morgan fingerprint density at radius 3 is 2.71 bits per heavy atom. The van der Waals surface area contributed by atoms with Crippen molar-refractivity contribution >= 4 is 23.1 Å². The summed E-state index contributed by atoms with van der Waals surface area (Å²) in [6.07, 6.45) is 6.77. The van der Waals surface area contributed by atoms with E-state index in [2.05, 4.69) is 23.2 Å². The maximum Gasteiger partial charge on any atom is 0.140 e. The lowest BCUT2D eigenvalue weighted by molar-refractivity contribution is 0.686. The molecule has 2 heterocycles. The topological polar surface area (TPSA) is 43.3 Å². The van der Waals surface area contributed by atoms with Gasteiger partial charge in [-0.05, 0) is 48.9 Å². The third kappa shape index (κ3) is 2.09. The van der Waals surface area contributed by atoms with Crippen LogP contribution >= 0.6 is 11.6 Å². The molecular weight excluding hydrogens is 282 g/mol. The maximum absolute atomic E-state index is 6.25. The van der Waals surface area contributed by atoms with Crippen LogP contribution in [0.25, 0.3) is 16.9 Å². The first-order valence-corrected chi connectivity index (χ1v) is 7.65. The summed E-state index contributed by atoms with van der Waals surface area (Å²) in [5.74, 6) is 0.664. The zero-order valence-electron chi connectivity index (χ0n) is 11.6. The van der Waals surface area contributed by atoms with Gasteiger partial charge in [0.25, 0.3) is 0 Å². The van der Waals surface area contributed by atoms with E-state index in [1.54, 1.807) is 0 Å². The van der Waals surface area contributed by atoms with Gasteiger partial charge in [0.2, 0.25) is 0 Å². The molecule has 4 rings (SSSR count). The summed E-state index contributed by atoms with van der Waals surface area (Å²) in [6.45, 7) is 0. The van der Waals surface area contributed by atoms with E-state index in [9.17, 15) is 0 Å². The zero-order valence-corrected chi connectivity index (χ0v) is 12.4. The van der Waals surface area contributed by atoms with Crippen molar-refractivity contribution in [3.63, 3.8) is 0 Å². The molecule has 0 fully saturated rings. The van der Waals surface area contributed by atoms with Gasteiger partial charge in [0.05, 0.1) is 0 Å². The summed E-state index contributed by atoms with van der Waals surface area (Å²) in [4.78, 5) is 4.65. The predicted octanol–water partition coefficient (Wildman–Crippen LogP) is 4.12. The number of imidazole rings is 1. The molecule has 1 aliphatic carbocycles. The summed E-state index contributed by atoms with van der Waals surface area (Å²) >= 11 is 6.03. The Morgan fingerprint density at radius 2 is 1.86 bits per heavy atom. The number of aryl methyl sites for hydroxylation is 2. The molecule has 0 saturated carbocycles. The van der Waals surface area contributed by atoms with Crippen LogP contribution in [0, 0.1) is 0 Å². The number of rotatable bonds is 1. The van der Waals surface area contributed by atoms with Crippen LogP contribution in [-0.2, 0) is 12.8 Å². The molecule has 4 heteroatoms. The first kappa shape index (κ1) is 12.7. The van der Waals surface area contributed by atoms with Gasteiger partial charge in [0, 0.05) is 22.8 Å². The Bertz CT molecular complexity index is 835. The number of aromatic nitrogens is 2. The molecule has 0 saturated heterocycles. The quantitative estimate of drug-likeness (QED) is 0.734. The first-order chi connectivity index (χ1) is 10.2. The van der Waals surface area contributed by atoms with E-state index in [1.165, 1.54) is 30.4 Å². The zero-order chi connectivity index (χ0) is 14.4. The van der Waals surface area contributed by atoms with Gasteiger partial charge in [0.1, 0.15) is 17.2 Å². The molecule has 0 unspecified atom stereocenters. The van der Waals surface area contributed by atoms with E-state index < -0.39 is 0 Å². The van der Waals surface area contributed by atoms with Gasteiger partial charge in [-0.2, -0.15) is 0 Å². The average molecular weight is 298 g/mol. The van der Waals surface area contributed by atoms with E-state index in [-0.39, 0.29) is 0 Å². The summed E-state index contributed by atoms with van der Waals surface area (Å²) in [5.41, 5.74) is 11.9. The Hall–Kier alpha value is -2.00. The molecule has 2 aromatic heterocycles. The fourth-order valence-electron chi connectivity index (χ4n) is 3.13. The van der Waals surface area contributed by atoms with E-state index in [4.69, 9.17) is 17.3 Å². The number of anilines is 1. The van der Waals surface area contributed by atoms with Crippen molar-refractivity contribution in [2.24, 2.45) is 0 Å². The van der Waals surface area contributed by atoms with Crippen molar-refractivity contribution in [2.45, 2.75) is 25.7 Å². The average Bonchev–Trinajstić information content (AvgIpc) is 2.83. The highest BCUT2D eigenvalue weighted by atomic mass is 35.5. The van der Waals surface area contributed by atoms with Gasteiger partial charge in [0.15, 0.2) is 0 Å². The van der Waals surface area contributed by atoms with Crippen molar-refractivity contribution in [3.8, 4) is 11.3 Å². The van der Waals surface area contributed by atoms with Crippen molar-refractivity contribution in [2.75, 3.05) is 5.73 Å². The molecular formula is C17H16ClN3. The number of pyridine rings is 1. The van der Waals surface area contributed by atoms with Gasteiger partial charge in [-0.1, -0.05) is 23.7 Å². The summed E-state index contributed by atoms with van der Waals surface area (Å²) in [6, 6.07) is 10.3. The molecule has 0 spiro atoms. The molecule has 1 aromatic carbocycles. The maximum atomic E-state index is 6.25. The molecule has 1 aliphatic rings. The number of nitrogen functional groups attached to an aromatic ring is 1. The number of halogens is 1. The van der Waals surface area contributed by atoms with Crippen LogP contribution in [0.4, 0.5) is 5.82 Å². The Kier molecular flexibility index (Phi) is 2.89. The van der Waals surface area contributed by atoms with Crippen molar-refractivity contribution in [1.82, 2.24) is 9.38 Å². The molecule has 106 valence electrons. The largest absolute Gasteiger partial charge is 0.383 e. The minimum atomic E-state index is 0.664. The van der Waals surface area contributed by atoms with E-state index in [1.807, 2.05) is 22.7 Å². The first-order valence-electron chi connectivity index (χ1n) is 7.27. The second kappa shape index (κ2) is 4.78. The molecule has 3 aromatic rings. The highest BCUT2D eigenvalue weighted by Gasteiger charge is 2.15. The predicted molar refractivity (Wildman–Crippen MR) is 86.7 cm³/mol. The van der Waals surface area contributed by atoms with E-state index in [0.29, 0.717) is 10.8 Å². The molecule has 2 N–H and O–H groups in total. The van der Waals surface area contributed by atoms with E-state index in [0.717, 1.165) is 23.3 Å². The van der Waals surface area contributed by atoms with Crippen LogP contribution in [0.2, 0.25) is 5.02 Å². The number of nitrogens with zero attached hydrogens (tertiary/aromatic N) is 2. The lowest BCUT2D eigenvalue weighted by Crippen LogP contribution is -2.02. The monoisotopic (exact) mass is 297 g/mol. The Morgan fingerprint density at radius 1 is 1.05 bits per heavy atom. The third-order valence-corrected chi connectivity index (χ3v) is 4.48. The summed E-state index contributed by atoms with van der Waals surface area (Å²) in [5, 5.41) is 0.671. The highest BCUT2D eigenvalue weighted by molar-refractivity contribution is 6.30. The van der Waals surface area contributed by atoms with Gasteiger partial charge in [-0.25, -0.2) is 4.98 Å². The molecule has 0 bridgehead atoms. The minimum Gasteiger partial charge on any atom is -0.383 e. The lowest BCUT2D eigenvalue weighted by Gasteiger charge is -2.16. The highest BCUT2D eigenvalue weighted by Crippen LogP contribution is 2.31. The molecule has 0 aliphatic heterocycles. The fraction of sp³-hybridized carbons (Fsp3) is 0.235. The van der Waals surface area contributed by atoms with E-state index >= 15 is 0 Å². The van der Waals surface area contributed by atoms with Gasteiger partial charge in [-0.15, -0.1) is 0 Å². The number of hydrogen-bond donors (Lipinski definition) is 1. The molecule has 0 radical (unpaired) electrons. The van der Waals surface area contributed by atoms with Gasteiger partial charge >= 0.3 is 0 Å². The van der Waals surface area contributed by atoms with Crippen LogP contribution in [-0.4, -0.2) is 9.38 Å². The number of fused-ring (bicyclic) bond motifs is 2. The van der Waals surface area contributed by atoms with Crippen molar-refractivity contribution in [1.29, 1.82) is 0 Å². The second-order valence-corrected chi connectivity index (χ2v) is 6.05. The lowest BCUT2D eigenvalue weighted by atomic mass is 9.90.